The van der Waals surface area contributed by atoms with Gasteiger partial charge in [-0.25, -0.2) is 4.79 Å². The first-order valence-corrected chi connectivity index (χ1v) is 18.7. The molecular formula is C43H62O3. The molecular weight excluding hydrogens is 564 g/mol. The van der Waals surface area contributed by atoms with Crippen LogP contribution in [0.5, 0.6) is 5.75 Å². The van der Waals surface area contributed by atoms with Gasteiger partial charge in [-0.2, -0.15) is 0 Å². The summed E-state index contributed by atoms with van der Waals surface area (Å²) in [7, 11) is 0. The number of para-hydroxylation sites is 1. The summed E-state index contributed by atoms with van der Waals surface area (Å²) in [5, 5.41) is 0. The number of esters is 1. The third-order valence-corrected chi connectivity index (χ3v) is 9.17. The van der Waals surface area contributed by atoms with Crippen LogP contribution in [0.15, 0.2) is 72.8 Å². The summed E-state index contributed by atoms with van der Waals surface area (Å²) in [6.45, 7) is 7.49. The van der Waals surface area contributed by atoms with E-state index in [1.54, 1.807) is 0 Å². The zero-order chi connectivity index (χ0) is 32.7. The molecule has 3 aromatic carbocycles. The third-order valence-electron chi connectivity index (χ3n) is 9.17. The Balaban J connectivity index is 1.35. The summed E-state index contributed by atoms with van der Waals surface area (Å²) in [5.41, 5.74) is 5.07. The Hall–Kier alpha value is -2.91. The Morgan fingerprint density at radius 2 is 1.04 bits per heavy atom. The van der Waals surface area contributed by atoms with Gasteiger partial charge in [0.1, 0.15) is 5.75 Å². The second-order valence-corrected chi connectivity index (χ2v) is 13.1. The van der Waals surface area contributed by atoms with Gasteiger partial charge in [0, 0.05) is 6.61 Å². The first-order chi connectivity index (χ1) is 22.6. The lowest BCUT2D eigenvalue weighted by atomic mass is 10.0. The number of unbranched alkanes of at least 4 members (excludes halogenated alkanes) is 16. The van der Waals surface area contributed by atoms with Crippen LogP contribution in [0.4, 0.5) is 0 Å². The van der Waals surface area contributed by atoms with Gasteiger partial charge in [-0.3, -0.25) is 0 Å². The number of rotatable bonds is 25. The second kappa shape index (κ2) is 23.4. The predicted octanol–water partition coefficient (Wildman–Crippen LogP) is 13.3. The number of aryl methyl sites for hydroxylation is 1. The maximum atomic E-state index is 13.0. The van der Waals surface area contributed by atoms with Crippen LogP contribution in [0.2, 0.25) is 0 Å². The molecule has 0 saturated heterocycles. The number of carbonyl (C=O) groups is 1. The summed E-state index contributed by atoms with van der Waals surface area (Å²) >= 11 is 0. The normalized spacial score (nSPS) is 11.9. The zero-order valence-corrected chi connectivity index (χ0v) is 29.4. The molecule has 0 bridgehead atoms. The lowest BCUT2D eigenvalue weighted by Gasteiger charge is -2.14. The molecule has 0 fully saturated rings. The fraction of sp³-hybridized carbons (Fsp3) is 0.558. The van der Waals surface area contributed by atoms with Gasteiger partial charge in [-0.1, -0.05) is 171 Å². The molecule has 0 N–H and O–H groups in total. The van der Waals surface area contributed by atoms with Crippen LogP contribution in [-0.4, -0.2) is 12.6 Å². The first kappa shape index (κ1) is 37.5. The monoisotopic (exact) mass is 626 g/mol. The van der Waals surface area contributed by atoms with E-state index in [4.69, 9.17) is 9.47 Å². The molecule has 1 unspecified atom stereocenters. The van der Waals surface area contributed by atoms with E-state index < -0.39 is 0 Å². The Morgan fingerprint density at radius 1 is 0.565 bits per heavy atom. The SMILES string of the molecule is CCCCCCCCCCCCCCOC(C)c1ccc(-c2ccc(C(=O)Oc3ccccc3CCCCCCCC)cc2)cc1. The Morgan fingerprint density at radius 3 is 1.61 bits per heavy atom. The predicted molar refractivity (Wildman–Crippen MR) is 196 cm³/mol. The fourth-order valence-electron chi connectivity index (χ4n) is 6.11. The smallest absolute Gasteiger partial charge is 0.343 e. The molecule has 0 amide bonds. The Bertz CT molecular complexity index is 1200. The van der Waals surface area contributed by atoms with Crippen molar-refractivity contribution in [2.45, 2.75) is 149 Å². The molecule has 0 aliphatic rings. The van der Waals surface area contributed by atoms with Gasteiger partial charge in [0.15, 0.2) is 0 Å². The van der Waals surface area contributed by atoms with Crippen molar-refractivity contribution in [3.8, 4) is 16.9 Å². The molecule has 3 aromatic rings. The van der Waals surface area contributed by atoms with Crippen molar-refractivity contribution >= 4 is 5.97 Å². The zero-order valence-electron chi connectivity index (χ0n) is 29.4. The molecule has 0 heterocycles. The molecule has 0 spiro atoms. The lowest BCUT2D eigenvalue weighted by molar-refractivity contribution is 0.0627. The number of ether oxygens (including phenoxy) is 2. The molecule has 0 aliphatic carbocycles. The van der Waals surface area contributed by atoms with Crippen LogP contribution in [0.1, 0.15) is 164 Å². The maximum Gasteiger partial charge on any atom is 0.343 e. The van der Waals surface area contributed by atoms with Crippen LogP contribution < -0.4 is 4.74 Å². The highest BCUT2D eigenvalue weighted by molar-refractivity contribution is 5.91. The average Bonchev–Trinajstić information content (AvgIpc) is 3.09. The van der Waals surface area contributed by atoms with E-state index in [-0.39, 0.29) is 12.1 Å². The average molecular weight is 627 g/mol. The summed E-state index contributed by atoms with van der Waals surface area (Å²) < 4.78 is 12.0. The van der Waals surface area contributed by atoms with Crippen LogP contribution in [0.3, 0.4) is 0 Å². The van der Waals surface area contributed by atoms with Gasteiger partial charge < -0.3 is 9.47 Å². The van der Waals surface area contributed by atoms with E-state index in [0.29, 0.717) is 11.3 Å². The molecule has 3 heteroatoms. The minimum atomic E-state index is -0.309. The Kier molecular flexibility index (Phi) is 19.1. The largest absolute Gasteiger partial charge is 0.423 e. The second-order valence-electron chi connectivity index (χ2n) is 13.1. The maximum absolute atomic E-state index is 13.0. The van der Waals surface area contributed by atoms with E-state index in [9.17, 15) is 4.79 Å². The molecule has 1 atom stereocenters. The molecule has 46 heavy (non-hydrogen) atoms. The van der Waals surface area contributed by atoms with Crippen molar-refractivity contribution in [1.29, 1.82) is 0 Å². The van der Waals surface area contributed by atoms with Crippen LogP contribution in [-0.2, 0) is 11.2 Å². The summed E-state index contributed by atoms with van der Waals surface area (Å²) in [4.78, 5) is 13.0. The van der Waals surface area contributed by atoms with E-state index in [1.165, 1.54) is 108 Å². The van der Waals surface area contributed by atoms with Crippen molar-refractivity contribution in [3.05, 3.63) is 89.5 Å². The van der Waals surface area contributed by atoms with Gasteiger partial charge in [0.05, 0.1) is 11.7 Å². The minimum Gasteiger partial charge on any atom is -0.423 e. The highest BCUT2D eigenvalue weighted by Gasteiger charge is 2.12. The quantitative estimate of drug-likeness (QED) is 0.0533. The molecule has 0 aliphatic heterocycles. The molecule has 252 valence electrons. The molecule has 0 saturated carbocycles. The van der Waals surface area contributed by atoms with Crippen LogP contribution in [0.25, 0.3) is 11.1 Å². The summed E-state index contributed by atoms with van der Waals surface area (Å²) in [6, 6.07) is 24.3. The van der Waals surface area contributed by atoms with E-state index in [2.05, 4.69) is 51.1 Å². The van der Waals surface area contributed by atoms with Crippen molar-refractivity contribution in [2.75, 3.05) is 6.61 Å². The van der Waals surface area contributed by atoms with E-state index >= 15 is 0 Å². The minimum absolute atomic E-state index is 0.0860. The van der Waals surface area contributed by atoms with E-state index in [0.717, 1.165) is 42.6 Å². The van der Waals surface area contributed by atoms with Crippen molar-refractivity contribution in [3.63, 3.8) is 0 Å². The molecule has 3 rings (SSSR count). The number of hydrogen-bond acceptors (Lipinski definition) is 3. The number of hydrogen-bond donors (Lipinski definition) is 0. The Labute approximate surface area is 281 Å². The van der Waals surface area contributed by atoms with Crippen LogP contribution >= 0.6 is 0 Å². The lowest BCUT2D eigenvalue weighted by Crippen LogP contribution is -2.09. The highest BCUT2D eigenvalue weighted by atomic mass is 16.5. The van der Waals surface area contributed by atoms with Gasteiger partial charge in [-0.05, 0) is 66.6 Å². The topological polar surface area (TPSA) is 35.5 Å². The number of benzene rings is 3. The molecule has 0 aromatic heterocycles. The number of carbonyl (C=O) groups excluding carboxylic acids is 1. The molecule has 0 radical (unpaired) electrons. The third kappa shape index (κ3) is 14.7. The van der Waals surface area contributed by atoms with Crippen molar-refractivity contribution < 1.29 is 14.3 Å². The van der Waals surface area contributed by atoms with Gasteiger partial charge in [0.25, 0.3) is 0 Å². The van der Waals surface area contributed by atoms with Gasteiger partial charge >= 0.3 is 5.97 Å². The standard InChI is InChI=1S/C43H62O3/c1-4-6-8-10-12-13-14-15-16-17-19-23-35-45-36(3)37-27-29-38(30-28-37)39-31-33-41(34-32-39)43(44)46-42-26-22-21-25-40(42)24-20-18-11-9-7-5-2/h21-22,25-34,36H,4-20,23-24,35H2,1-3H3. The van der Waals surface area contributed by atoms with Crippen molar-refractivity contribution in [2.24, 2.45) is 0 Å². The van der Waals surface area contributed by atoms with Gasteiger partial charge in [0.2, 0.25) is 0 Å². The van der Waals surface area contributed by atoms with Crippen molar-refractivity contribution in [1.82, 2.24) is 0 Å². The van der Waals surface area contributed by atoms with Crippen LogP contribution in [0, 0.1) is 0 Å². The van der Waals surface area contributed by atoms with Gasteiger partial charge in [-0.15, -0.1) is 0 Å². The first-order valence-electron chi connectivity index (χ1n) is 18.7. The summed E-state index contributed by atoms with van der Waals surface area (Å²) in [5.74, 6) is 0.368. The molecule has 3 nitrogen and oxygen atoms in total. The fourth-order valence-corrected chi connectivity index (χ4v) is 6.11. The highest BCUT2D eigenvalue weighted by Crippen LogP contribution is 2.26. The van der Waals surface area contributed by atoms with E-state index in [1.807, 2.05) is 42.5 Å². The summed E-state index contributed by atoms with van der Waals surface area (Å²) in [6.07, 6.45) is 24.8.